The first-order valence-corrected chi connectivity index (χ1v) is 13.9. The molecule has 0 saturated carbocycles. The lowest BCUT2D eigenvalue weighted by molar-refractivity contribution is -0.119. The number of aromatic hydroxyl groups is 1. The van der Waals surface area contributed by atoms with E-state index < -0.39 is 5.91 Å². The van der Waals surface area contributed by atoms with Crippen LogP contribution in [0.5, 0.6) is 5.75 Å². The van der Waals surface area contributed by atoms with Crippen LogP contribution in [-0.2, 0) is 16.1 Å². The SMILES string of the molecule is NC(=O)c1cc(C2=CSC(SCC(=O)NC[C@H]3CN(Cc4ccc(Cl)c(Cl)c4)CCO3)N2)ccc1O. The molecule has 5 N–H and O–H groups in total. The number of amides is 2. The molecular formula is C24H26Cl2N4O4S2. The molecule has 0 bridgehead atoms. The maximum Gasteiger partial charge on any atom is 0.252 e. The van der Waals surface area contributed by atoms with Crippen molar-refractivity contribution < 1.29 is 19.4 Å². The van der Waals surface area contributed by atoms with Crippen LogP contribution in [0.25, 0.3) is 5.70 Å². The molecule has 0 aromatic heterocycles. The van der Waals surface area contributed by atoms with Crippen molar-refractivity contribution in [3.8, 4) is 5.75 Å². The summed E-state index contributed by atoms with van der Waals surface area (Å²) in [5.41, 5.74) is 8.00. The van der Waals surface area contributed by atoms with E-state index in [9.17, 15) is 14.7 Å². The van der Waals surface area contributed by atoms with E-state index in [4.69, 9.17) is 33.7 Å². The molecule has 2 amide bonds. The summed E-state index contributed by atoms with van der Waals surface area (Å²) in [4.78, 5) is 26.2. The largest absolute Gasteiger partial charge is 0.507 e. The highest BCUT2D eigenvalue weighted by Gasteiger charge is 2.23. The summed E-state index contributed by atoms with van der Waals surface area (Å²) < 4.78 is 5.78. The summed E-state index contributed by atoms with van der Waals surface area (Å²) in [6.45, 7) is 3.30. The van der Waals surface area contributed by atoms with E-state index in [1.165, 1.54) is 29.6 Å². The van der Waals surface area contributed by atoms with Crippen LogP contribution in [0.15, 0.2) is 41.8 Å². The molecule has 2 aromatic carbocycles. The first-order chi connectivity index (χ1) is 17.3. The van der Waals surface area contributed by atoms with Crippen LogP contribution in [0.3, 0.4) is 0 Å². The number of ether oxygens (including phenoxy) is 1. The van der Waals surface area contributed by atoms with Gasteiger partial charge >= 0.3 is 0 Å². The number of halogens is 2. The average molecular weight is 570 g/mol. The van der Waals surface area contributed by atoms with E-state index in [1.807, 2.05) is 17.5 Å². The summed E-state index contributed by atoms with van der Waals surface area (Å²) in [7, 11) is 0. The predicted molar refractivity (Wildman–Crippen MR) is 146 cm³/mol. The Morgan fingerprint density at radius 3 is 2.86 bits per heavy atom. The molecule has 2 heterocycles. The summed E-state index contributed by atoms with van der Waals surface area (Å²) in [5, 5.41) is 19.1. The molecular weight excluding hydrogens is 543 g/mol. The second-order valence-electron chi connectivity index (χ2n) is 8.33. The van der Waals surface area contributed by atoms with Crippen LogP contribution in [-0.4, -0.2) is 64.6 Å². The fraction of sp³-hybridized carbons (Fsp3) is 0.333. The van der Waals surface area contributed by atoms with Crippen LogP contribution in [0.4, 0.5) is 0 Å². The number of rotatable bonds is 9. The summed E-state index contributed by atoms with van der Waals surface area (Å²) in [6.07, 6.45) is -0.0864. The van der Waals surface area contributed by atoms with Crippen LogP contribution in [0.1, 0.15) is 21.5 Å². The number of hydrogen-bond acceptors (Lipinski definition) is 8. The van der Waals surface area contributed by atoms with Crippen LogP contribution in [0, 0.1) is 0 Å². The van der Waals surface area contributed by atoms with E-state index in [0.717, 1.165) is 29.9 Å². The third-order valence-corrected chi connectivity index (χ3v) is 8.73. The van der Waals surface area contributed by atoms with E-state index >= 15 is 0 Å². The number of primary amides is 1. The van der Waals surface area contributed by atoms with Gasteiger partial charge in [0.15, 0.2) is 0 Å². The lowest BCUT2D eigenvalue weighted by Gasteiger charge is -2.33. The van der Waals surface area contributed by atoms with Crippen molar-refractivity contribution >= 4 is 64.2 Å². The van der Waals surface area contributed by atoms with Crippen LogP contribution >= 0.6 is 46.7 Å². The van der Waals surface area contributed by atoms with Gasteiger partial charge in [-0.3, -0.25) is 14.5 Å². The molecule has 0 radical (unpaired) electrons. The van der Waals surface area contributed by atoms with Gasteiger partial charge in [0.25, 0.3) is 5.91 Å². The number of nitrogens with one attached hydrogen (secondary N) is 2. The van der Waals surface area contributed by atoms with E-state index in [1.54, 1.807) is 18.2 Å². The fourth-order valence-electron chi connectivity index (χ4n) is 3.83. The predicted octanol–water partition coefficient (Wildman–Crippen LogP) is 3.47. The van der Waals surface area contributed by atoms with Crippen LogP contribution < -0.4 is 16.4 Å². The maximum absolute atomic E-state index is 12.4. The molecule has 4 rings (SSSR count). The van der Waals surface area contributed by atoms with Gasteiger partial charge in [-0.1, -0.05) is 41.0 Å². The van der Waals surface area contributed by atoms with Gasteiger partial charge in [-0.25, -0.2) is 0 Å². The van der Waals surface area contributed by atoms with Crippen molar-refractivity contribution in [3.63, 3.8) is 0 Å². The number of nitrogens with two attached hydrogens (primary N) is 1. The molecule has 0 aliphatic carbocycles. The Hall–Kier alpha value is -2.08. The number of carbonyl (C=O) groups excluding carboxylic acids is 2. The highest BCUT2D eigenvalue weighted by atomic mass is 35.5. The van der Waals surface area contributed by atoms with Crippen molar-refractivity contribution in [2.45, 2.75) is 17.4 Å². The first kappa shape index (κ1) is 27.0. The normalized spacial score (nSPS) is 20.0. The smallest absolute Gasteiger partial charge is 0.252 e. The third kappa shape index (κ3) is 7.24. The Morgan fingerprint density at radius 1 is 1.25 bits per heavy atom. The van der Waals surface area contributed by atoms with E-state index in [2.05, 4.69) is 15.5 Å². The lowest BCUT2D eigenvalue weighted by Crippen LogP contribution is -2.47. The molecule has 1 unspecified atom stereocenters. The maximum atomic E-state index is 12.4. The van der Waals surface area contributed by atoms with Gasteiger partial charge in [0, 0.05) is 31.9 Å². The minimum Gasteiger partial charge on any atom is -0.507 e. The molecule has 2 aromatic rings. The number of hydrogen-bond donors (Lipinski definition) is 4. The minimum absolute atomic E-state index is 0.0517. The topological polar surface area (TPSA) is 117 Å². The Balaban J connectivity index is 1.18. The monoisotopic (exact) mass is 568 g/mol. The minimum atomic E-state index is -0.692. The average Bonchev–Trinajstić information content (AvgIpc) is 3.33. The van der Waals surface area contributed by atoms with Crippen LogP contribution in [0.2, 0.25) is 10.0 Å². The van der Waals surface area contributed by atoms with Gasteiger partial charge in [-0.2, -0.15) is 0 Å². The number of nitrogens with zero attached hydrogens (tertiary/aromatic N) is 1. The van der Waals surface area contributed by atoms with Gasteiger partial charge in [-0.05, 0) is 46.9 Å². The Labute approximate surface area is 227 Å². The molecule has 2 aliphatic heterocycles. The lowest BCUT2D eigenvalue weighted by atomic mass is 10.1. The molecule has 1 saturated heterocycles. The highest BCUT2D eigenvalue weighted by Crippen LogP contribution is 2.34. The van der Waals surface area contributed by atoms with E-state index in [0.29, 0.717) is 29.7 Å². The number of benzene rings is 2. The molecule has 8 nitrogen and oxygen atoms in total. The van der Waals surface area contributed by atoms with Crippen molar-refractivity contribution in [1.29, 1.82) is 0 Å². The number of carbonyl (C=O) groups is 2. The summed E-state index contributed by atoms with van der Waals surface area (Å²) in [6, 6.07) is 10.3. The number of morpholine rings is 1. The zero-order chi connectivity index (χ0) is 25.7. The first-order valence-electron chi connectivity index (χ1n) is 11.2. The molecule has 0 spiro atoms. The molecule has 36 heavy (non-hydrogen) atoms. The molecule has 2 aliphatic rings. The van der Waals surface area contributed by atoms with Crippen molar-refractivity contribution in [3.05, 3.63) is 68.5 Å². The summed E-state index contributed by atoms with van der Waals surface area (Å²) >= 11 is 15.1. The Kier molecular flexibility index (Phi) is 9.32. The second-order valence-corrected chi connectivity index (χ2v) is 11.5. The molecule has 1 fully saturated rings. The van der Waals surface area contributed by atoms with Gasteiger partial charge in [0.1, 0.15) is 10.5 Å². The van der Waals surface area contributed by atoms with Gasteiger partial charge in [0.05, 0.1) is 34.1 Å². The number of thioether (sulfide) groups is 2. The quantitative estimate of drug-likeness (QED) is 0.363. The zero-order valence-electron chi connectivity index (χ0n) is 19.2. The molecule has 192 valence electrons. The second kappa shape index (κ2) is 12.4. The summed E-state index contributed by atoms with van der Waals surface area (Å²) in [5.74, 6) is -0.628. The van der Waals surface area contributed by atoms with Gasteiger partial charge < -0.3 is 26.2 Å². The highest BCUT2D eigenvalue weighted by molar-refractivity contribution is 8.18. The molecule has 2 atom stereocenters. The van der Waals surface area contributed by atoms with Crippen molar-refractivity contribution in [2.75, 3.05) is 32.0 Å². The third-order valence-electron chi connectivity index (χ3n) is 5.66. The number of phenols is 1. The molecule has 12 heteroatoms. The van der Waals surface area contributed by atoms with Gasteiger partial charge in [-0.15, -0.1) is 11.8 Å². The van der Waals surface area contributed by atoms with Crippen molar-refractivity contribution in [2.24, 2.45) is 5.73 Å². The van der Waals surface area contributed by atoms with E-state index in [-0.39, 0.29) is 33.8 Å². The Morgan fingerprint density at radius 2 is 2.08 bits per heavy atom. The Bertz CT molecular complexity index is 1170. The zero-order valence-corrected chi connectivity index (χ0v) is 22.4. The van der Waals surface area contributed by atoms with Gasteiger partial charge in [0.2, 0.25) is 5.91 Å². The fourth-order valence-corrected chi connectivity index (χ4v) is 6.11. The standard InChI is InChI=1S/C24H26Cl2N4O4S2/c25-18-3-1-14(7-19(18)26)10-30-5-6-34-16(11-30)9-28-22(32)13-36-24-29-20(12-35-24)15-2-4-21(31)17(8-15)23(27)33/h1-4,7-8,12,16,24,29,31H,5-6,9-11,13H2,(H2,27,33)(H,28,32)/t16-,24?/m0/s1. The van der Waals surface area contributed by atoms with Crippen molar-refractivity contribution in [1.82, 2.24) is 15.5 Å².